The lowest BCUT2D eigenvalue weighted by Gasteiger charge is -2.08. The first-order chi connectivity index (χ1) is 7.52. The molecule has 0 aliphatic rings. The van der Waals surface area contributed by atoms with Crippen molar-refractivity contribution in [2.45, 2.75) is 45.6 Å². The third-order valence-corrected chi connectivity index (χ3v) is 1.97. The van der Waals surface area contributed by atoms with Gasteiger partial charge in [-0.1, -0.05) is 0 Å². The predicted octanol–water partition coefficient (Wildman–Crippen LogP) is 0.746. The van der Waals surface area contributed by atoms with E-state index in [2.05, 4.69) is 10.6 Å². The number of aliphatic carboxylic acids is 1. The molecule has 0 heterocycles. The second kappa shape index (κ2) is 9.15. The number of carboxylic acids is 1. The number of nitrogens with one attached hydrogen (secondary N) is 2. The van der Waals surface area contributed by atoms with Crippen molar-refractivity contribution in [2.75, 3.05) is 13.1 Å². The van der Waals surface area contributed by atoms with Gasteiger partial charge in [0.1, 0.15) is 0 Å². The fourth-order valence-electron chi connectivity index (χ4n) is 1.25. The standard InChI is InChI=1S/C11H22N2O3/c1-9(2)13-10(14)6-8-12-7-4-3-5-11(15)16/h9,12H,3-8H2,1-2H3,(H,13,14)(H,15,16). The van der Waals surface area contributed by atoms with Gasteiger partial charge in [-0.05, 0) is 33.2 Å². The van der Waals surface area contributed by atoms with Crippen LogP contribution >= 0.6 is 0 Å². The second-order valence-electron chi connectivity index (χ2n) is 4.07. The summed E-state index contributed by atoms with van der Waals surface area (Å²) in [5.74, 6) is -0.704. The van der Waals surface area contributed by atoms with E-state index in [1.807, 2.05) is 13.8 Å². The van der Waals surface area contributed by atoms with Crippen molar-refractivity contribution < 1.29 is 14.7 Å². The van der Waals surface area contributed by atoms with Gasteiger partial charge in [0.05, 0.1) is 0 Å². The molecule has 0 aliphatic carbocycles. The van der Waals surface area contributed by atoms with Crippen LogP contribution < -0.4 is 10.6 Å². The fourth-order valence-corrected chi connectivity index (χ4v) is 1.25. The van der Waals surface area contributed by atoms with Gasteiger partial charge >= 0.3 is 5.97 Å². The third-order valence-electron chi connectivity index (χ3n) is 1.97. The summed E-state index contributed by atoms with van der Waals surface area (Å²) in [5.41, 5.74) is 0. The van der Waals surface area contributed by atoms with E-state index < -0.39 is 5.97 Å². The Balaban J connectivity index is 3.20. The van der Waals surface area contributed by atoms with Crippen LogP contribution in [0, 0.1) is 0 Å². The monoisotopic (exact) mass is 230 g/mol. The molecule has 0 aromatic carbocycles. The maximum absolute atomic E-state index is 11.2. The molecule has 0 saturated heterocycles. The van der Waals surface area contributed by atoms with Crippen LogP contribution in [0.15, 0.2) is 0 Å². The molecule has 0 aromatic rings. The van der Waals surface area contributed by atoms with E-state index in [0.717, 1.165) is 13.0 Å². The van der Waals surface area contributed by atoms with E-state index in [1.165, 1.54) is 0 Å². The van der Waals surface area contributed by atoms with Crippen molar-refractivity contribution in [1.29, 1.82) is 0 Å². The largest absolute Gasteiger partial charge is 0.481 e. The van der Waals surface area contributed by atoms with Gasteiger partial charge in [-0.25, -0.2) is 0 Å². The number of carbonyl (C=O) groups excluding carboxylic acids is 1. The van der Waals surface area contributed by atoms with Crippen molar-refractivity contribution in [3.8, 4) is 0 Å². The van der Waals surface area contributed by atoms with Crippen molar-refractivity contribution in [3.63, 3.8) is 0 Å². The molecule has 3 N–H and O–H groups in total. The Morgan fingerprint density at radius 3 is 2.38 bits per heavy atom. The minimum atomic E-state index is -0.753. The number of carboxylic acid groups (broad SMARTS) is 1. The van der Waals surface area contributed by atoms with Gasteiger partial charge in [-0.2, -0.15) is 0 Å². The summed E-state index contributed by atoms with van der Waals surface area (Å²) in [5, 5.41) is 14.3. The van der Waals surface area contributed by atoms with Crippen LogP contribution in [-0.2, 0) is 9.59 Å². The number of carbonyl (C=O) groups is 2. The highest BCUT2D eigenvalue weighted by atomic mass is 16.4. The second-order valence-corrected chi connectivity index (χ2v) is 4.07. The number of hydrogen-bond donors (Lipinski definition) is 3. The minimum Gasteiger partial charge on any atom is -0.481 e. The molecule has 0 aliphatic heterocycles. The molecule has 5 heteroatoms. The van der Waals surface area contributed by atoms with Crippen molar-refractivity contribution in [3.05, 3.63) is 0 Å². The quantitative estimate of drug-likeness (QED) is 0.511. The molecule has 0 saturated carbocycles. The van der Waals surface area contributed by atoms with Crippen molar-refractivity contribution >= 4 is 11.9 Å². The Kier molecular flexibility index (Phi) is 8.52. The minimum absolute atomic E-state index is 0.0491. The lowest BCUT2D eigenvalue weighted by molar-refractivity contribution is -0.137. The van der Waals surface area contributed by atoms with E-state index in [1.54, 1.807) is 0 Å². The molecule has 0 radical (unpaired) electrons. The highest BCUT2D eigenvalue weighted by Crippen LogP contribution is 1.93. The van der Waals surface area contributed by atoms with Crippen LogP contribution in [0.2, 0.25) is 0 Å². The summed E-state index contributed by atoms with van der Waals surface area (Å²) < 4.78 is 0. The van der Waals surface area contributed by atoms with Crippen LogP contribution in [0.5, 0.6) is 0 Å². The van der Waals surface area contributed by atoms with Crippen molar-refractivity contribution in [1.82, 2.24) is 10.6 Å². The Morgan fingerprint density at radius 1 is 1.12 bits per heavy atom. The summed E-state index contributed by atoms with van der Waals surface area (Å²) in [6, 6.07) is 0.183. The van der Waals surface area contributed by atoms with Crippen LogP contribution in [0.3, 0.4) is 0 Å². The number of hydrogen-bond acceptors (Lipinski definition) is 3. The normalized spacial score (nSPS) is 10.4. The molecular formula is C11H22N2O3. The first kappa shape index (κ1) is 14.9. The maximum atomic E-state index is 11.2. The van der Waals surface area contributed by atoms with Gasteiger partial charge in [-0.3, -0.25) is 9.59 Å². The maximum Gasteiger partial charge on any atom is 0.303 e. The summed E-state index contributed by atoms with van der Waals surface area (Å²) >= 11 is 0. The highest BCUT2D eigenvalue weighted by molar-refractivity contribution is 5.76. The lowest BCUT2D eigenvalue weighted by Crippen LogP contribution is -2.32. The molecular weight excluding hydrogens is 208 g/mol. The molecule has 5 nitrogen and oxygen atoms in total. The first-order valence-corrected chi connectivity index (χ1v) is 5.74. The summed E-state index contributed by atoms with van der Waals surface area (Å²) in [6.07, 6.45) is 2.20. The van der Waals surface area contributed by atoms with Gasteiger partial charge in [0.15, 0.2) is 0 Å². The molecule has 0 atom stereocenters. The lowest BCUT2D eigenvalue weighted by atomic mass is 10.2. The van der Waals surface area contributed by atoms with Crippen LogP contribution in [-0.4, -0.2) is 36.1 Å². The zero-order valence-corrected chi connectivity index (χ0v) is 10.1. The Labute approximate surface area is 96.6 Å². The molecule has 0 unspecified atom stereocenters. The predicted molar refractivity (Wildman–Crippen MR) is 62.3 cm³/mol. The van der Waals surface area contributed by atoms with E-state index in [9.17, 15) is 9.59 Å². The average molecular weight is 230 g/mol. The molecule has 1 amide bonds. The van der Waals surface area contributed by atoms with Crippen LogP contribution in [0.25, 0.3) is 0 Å². The molecule has 0 bridgehead atoms. The first-order valence-electron chi connectivity index (χ1n) is 5.74. The average Bonchev–Trinajstić information content (AvgIpc) is 2.14. The molecule has 0 spiro atoms. The molecule has 0 aromatic heterocycles. The Bertz CT molecular complexity index is 217. The Morgan fingerprint density at radius 2 is 1.81 bits per heavy atom. The van der Waals surface area contributed by atoms with Gasteiger partial charge in [0.25, 0.3) is 0 Å². The Hall–Kier alpha value is -1.10. The molecule has 0 fully saturated rings. The van der Waals surface area contributed by atoms with E-state index >= 15 is 0 Å². The van der Waals surface area contributed by atoms with E-state index in [0.29, 0.717) is 19.4 Å². The van der Waals surface area contributed by atoms with Crippen LogP contribution in [0.1, 0.15) is 39.5 Å². The van der Waals surface area contributed by atoms with Gasteiger partial charge in [0.2, 0.25) is 5.91 Å². The summed E-state index contributed by atoms with van der Waals surface area (Å²) in [6.45, 7) is 5.27. The number of unbranched alkanes of at least 4 members (excludes halogenated alkanes) is 1. The molecule has 94 valence electrons. The summed E-state index contributed by atoms with van der Waals surface area (Å²) in [7, 11) is 0. The fraction of sp³-hybridized carbons (Fsp3) is 0.818. The van der Waals surface area contributed by atoms with E-state index in [4.69, 9.17) is 5.11 Å². The third kappa shape index (κ3) is 11.0. The smallest absolute Gasteiger partial charge is 0.303 e. The van der Waals surface area contributed by atoms with E-state index in [-0.39, 0.29) is 18.4 Å². The summed E-state index contributed by atoms with van der Waals surface area (Å²) in [4.78, 5) is 21.4. The highest BCUT2D eigenvalue weighted by Gasteiger charge is 2.02. The van der Waals surface area contributed by atoms with Crippen molar-refractivity contribution in [2.24, 2.45) is 0 Å². The van der Waals surface area contributed by atoms with Gasteiger partial charge < -0.3 is 15.7 Å². The van der Waals surface area contributed by atoms with Gasteiger partial charge in [-0.15, -0.1) is 0 Å². The zero-order chi connectivity index (χ0) is 12.4. The van der Waals surface area contributed by atoms with Gasteiger partial charge in [0, 0.05) is 25.4 Å². The topological polar surface area (TPSA) is 78.4 Å². The zero-order valence-electron chi connectivity index (χ0n) is 10.1. The molecule has 0 rings (SSSR count). The number of amides is 1. The SMILES string of the molecule is CC(C)NC(=O)CCNCCCCC(=O)O. The number of rotatable bonds is 9. The van der Waals surface area contributed by atoms with Crippen LogP contribution in [0.4, 0.5) is 0 Å². The molecule has 16 heavy (non-hydrogen) atoms.